The smallest absolute Gasteiger partial charge is 0.263 e. The Balaban J connectivity index is 1.61. The van der Waals surface area contributed by atoms with Crippen molar-refractivity contribution in [3.05, 3.63) is 59.0 Å². The van der Waals surface area contributed by atoms with Crippen molar-refractivity contribution in [1.82, 2.24) is 15.3 Å². The number of fused-ring (bicyclic) bond motifs is 1. The van der Waals surface area contributed by atoms with Gasteiger partial charge in [0.1, 0.15) is 10.0 Å². The van der Waals surface area contributed by atoms with Crippen LogP contribution in [0, 0.1) is 0 Å². The number of nitrogens with zero attached hydrogens (tertiary/aromatic N) is 3. The van der Waals surface area contributed by atoms with E-state index in [1.807, 2.05) is 54.6 Å². The van der Waals surface area contributed by atoms with Crippen molar-refractivity contribution < 1.29 is 9.53 Å². The third-order valence-corrected chi connectivity index (χ3v) is 6.13. The number of thiocarbonyl (C=S) groups is 1. The average molecular weight is 435 g/mol. The minimum absolute atomic E-state index is 0.157. The number of hydrogen-bond donors (Lipinski definition) is 1. The number of carbonyl (C=O) groups excluding carboxylic acids is 1. The molecule has 30 heavy (non-hydrogen) atoms. The molecule has 0 bridgehead atoms. The second kappa shape index (κ2) is 8.14. The number of hydrogen-bond acceptors (Lipinski definition) is 7. The van der Waals surface area contributed by atoms with Crippen LogP contribution in [0.2, 0.25) is 0 Å². The number of nitrogens with one attached hydrogen (secondary N) is 1. The maximum atomic E-state index is 12.0. The van der Waals surface area contributed by atoms with Crippen molar-refractivity contribution in [2.24, 2.45) is 0 Å². The maximum absolute atomic E-state index is 12.0. The van der Waals surface area contributed by atoms with Gasteiger partial charge in [-0.1, -0.05) is 54.3 Å². The Morgan fingerprint density at radius 2 is 1.83 bits per heavy atom. The molecule has 0 radical (unpaired) electrons. The number of ether oxygens (including phenoxy) is 1. The first-order chi connectivity index (χ1) is 14.7. The third kappa shape index (κ3) is 3.81. The van der Waals surface area contributed by atoms with Crippen molar-refractivity contribution >= 4 is 57.1 Å². The van der Waals surface area contributed by atoms with Crippen LogP contribution in [0.25, 0.3) is 28.4 Å². The van der Waals surface area contributed by atoms with Crippen LogP contribution in [0.15, 0.2) is 53.4 Å². The fourth-order valence-corrected chi connectivity index (χ4v) is 4.57. The SMILES string of the molecule is O=C1NC(=S)S/C1=C\c1cccc(-c2nc3ccccc3nc2N2CCOCC2)c1. The molecule has 0 atom stereocenters. The summed E-state index contributed by atoms with van der Waals surface area (Å²) in [5.41, 5.74) is 4.42. The molecule has 1 amide bonds. The highest BCUT2D eigenvalue weighted by atomic mass is 32.2. The van der Waals surface area contributed by atoms with E-state index in [9.17, 15) is 4.79 Å². The second-order valence-corrected chi connectivity index (χ2v) is 8.68. The molecule has 8 heteroatoms. The number of amides is 1. The number of anilines is 1. The lowest BCUT2D eigenvalue weighted by atomic mass is 10.1. The summed E-state index contributed by atoms with van der Waals surface area (Å²) >= 11 is 6.36. The predicted molar refractivity (Wildman–Crippen MR) is 124 cm³/mol. The Morgan fingerprint density at radius 1 is 1.07 bits per heavy atom. The molecule has 150 valence electrons. The lowest BCUT2D eigenvalue weighted by Crippen LogP contribution is -2.37. The van der Waals surface area contributed by atoms with Gasteiger partial charge in [0, 0.05) is 18.7 Å². The largest absolute Gasteiger partial charge is 0.378 e. The van der Waals surface area contributed by atoms with Crippen LogP contribution in [-0.2, 0) is 9.53 Å². The molecule has 2 aliphatic rings. The van der Waals surface area contributed by atoms with Gasteiger partial charge in [0.05, 0.1) is 29.2 Å². The molecule has 2 fully saturated rings. The Kier molecular flexibility index (Phi) is 5.20. The molecule has 5 rings (SSSR count). The standard InChI is InChI=1S/C22H18N4O2S2/c27-21-18(30-22(29)25-21)13-14-4-3-5-15(12-14)19-20(26-8-10-28-11-9-26)24-17-7-2-1-6-16(17)23-19/h1-7,12-13H,8-11H2,(H,25,27,29)/b18-13-. The van der Waals surface area contributed by atoms with Gasteiger partial charge in [-0.2, -0.15) is 0 Å². The monoisotopic (exact) mass is 434 g/mol. The maximum Gasteiger partial charge on any atom is 0.263 e. The normalized spacial score (nSPS) is 18.3. The molecule has 0 saturated carbocycles. The van der Waals surface area contributed by atoms with Gasteiger partial charge in [-0.15, -0.1) is 0 Å². The van der Waals surface area contributed by atoms with Crippen molar-refractivity contribution in [3.8, 4) is 11.3 Å². The lowest BCUT2D eigenvalue weighted by molar-refractivity contribution is -0.115. The number of benzene rings is 2. The van der Waals surface area contributed by atoms with Crippen molar-refractivity contribution in [2.45, 2.75) is 0 Å². The molecule has 0 unspecified atom stereocenters. The molecule has 2 saturated heterocycles. The molecule has 0 spiro atoms. The fraction of sp³-hybridized carbons (Fsp3) is 0.182. The summed E-state index contributed by atoms with van der Waals surface area (Å²) in [6, 6.07) is 15.9. The molecule has 0 aliphatic carbocycles. The number of aromatic nitrogens is 2. The minimum Gasteiger partial charge on any atom is -0.378 e. The molecule has 3 aromatic rings. The lowest BCUT2D eigenvalue weighted by Gasteiger charge is -2.29. The van der Waals surface area contributed by atoms with Gasteiger partial charge >= 0.3 is 0 Å². The summed E-state index contributed by atoms with van der Waals surface area (Å²) < 4.78 is 6.00. The van der Waals surface area contributed by atoms with Gasteiger partial charge in [0.2, 0.25) is 0 Å². The number of carbonyl (C=O) groups is 1. The van der Waals surface area contributed by atoms with Gasteiger partial charge < -0.3 is 15.0 Å². The van der Waals surface area contributed by atoms with Crippen molar-refractivity contribution in [1.29, 1.82) is 0 Å². The summed E-state index contributed by atoms with van der Waals surface area (Å²) in [5, 5.41) is 2.65. The third-order valence-electron chi connectivity index (χ3n) is 4.96. The van der Waals surface area contributed by atoms with E-state index in [2.05, 4.69) is 10.2 Å². The summed E-state index contributed by atoms with van der Waals surface area (Å²) in [7, 11) is 0. The number of thioether (sulfide) groups is 1. The van der Waals surface area contributed by atoms with Crippen LogP contribution in [0.5, 0.6) is 0 Å². The van der Waals surface area contributed by atoms with Gasteiger partial charge in [-0.25, -0.2) is 9.97 Å². The van der Waals surface area contributed by atoms with Gasteiger partial charge in [0.15, 0.2) is 5.82 Å². The molecule has 6 nitrogen and oxygen atoms in total. The van der Waals surface area contributed by atoms with Crippen LogP contribution in [0.3, 0.4) is 0 Å². The average Bonchev–Trinajstić information content (AvgIpc) is 3.10. The quantitative estimate of drug-likeness (QED) is 0.499. The highest BCUT2D eigenvalue weighted by Crippen LogP contribution is 2.32. The predicted octanol–water partition coefficient (Wildman–Crippen LogP) is 3.62. The first kappa shape index (κ1) is 19.2. The fourth-order valence-electron chi connectivity index (χ4n) is 3.53. The van der Waals surface area contributed by atoms with E-state index in [-0.39, 0.29) is 5.91 Å². The molecule has 1 aromatic heterocycles. The highest BCUT2D eigenvalue weighted by Gasteiger charge is 2.23. The zero-order valence-electron chi connectivity index (χ0n) is 16.0. The topological polar surface area (TPSA) is 67.4 Å². The van der Waals surface area contributed by atoms with E-state index in [4.69, 9.17) is 26.9 Å². The van der Waals surface area contributed by atoms with Gasteiger partial charge in [-0.3, -0.25) is 4.79 Å². The van der Waals surface area contributed by atoms with Crippen molar-refractivity contribution in [2.75, 3.05) is 31.2 Å². The summed E-state index contributed by atoms with van der Waals surface area (Å²) in [5.74, 6) is 0.700. The van der Waals surface area contributed by atoms with E-state index in [0.717, 1.165) is 46.8 Å². The van der Waals surface area contributed by atoms with Gasteiger partial charge in [-0.05, 0) is 29.8 Å². The van der Waals surface area contributed by atoms with Crippen LogP contribution < -0.4 is 10.2 Å². The Hall–Kier alpha value is -2.81. The van der Waals surface area contributed by atoms with Crippen LogP contribution in [0.4, 0.5) is 5.82 Å². The van der Waals surface area contributed by atoms with E-state index in [0.29, 0.717) is 22.4 Å². The molecular weight excluding hydrogens is 416 g/mol. The van der Waals surface area contributed by atoms with Gasteiger partial charge in [0.25, 0.3) is 5.91 Å². The number of morpholine rings is 1. The molecule has 1 N–H and O–H groups in total. The number of rotatable bonds is 3. The summed E-state index contributed by atoms with van der Waals surface area (Å²) in [6.45, 7) is 2.90. The molecule has 3 heterocycles. The summed E-state index contributed by atoms with van der Waals surface area (Å²) in [6.07, 6.45) is 1.85. The molecule has 2 aromatic carbocycles. The van der Waals surface area contributed by atoms with Crippen LogP contribution in [-0.4, -0.2) is 46.5 Å². The van der Waals surface area contributed by atoms with Crippen molar-refractivity contribution in [3.63, 3.8) is 0 Å². The zero-order chi connectivity index (χ0) is 20.5. The van der Waals surface area contributed by atoms with E-state index >= 15 is 0 Å². The summed E-state index contributed by atoms with van der Waals surface area (Å²) in [4.78, 5) is 24.7. The first-order valence-electron chi connectivity index (χ1n) is 9.62. The number of para-hydroxylation sites is 2. The Morgan fingerprint density at radius 3 is 2.57 bits per heavy atom. The Bertz CT molecular complexity index is 1190. The van der Waals surface area contributed by atoms with E-state index in [1.54, 1.807) is 0 Å². The highest BCUT2D eigenvalue weighted by molar-refractivity contribution is 8.26. The first-order valence-corrected chi connectivity index (χ1v) is 10.8. The zero-order valence-corrected chi connectivity index (χ0v) is 17.6. The molecular formula is C22H18N4O2S2. The minimum atomic E-state index is -0.157. The van der Waals surface area contributed by atoms with E-state index in [1.165, 1.54) is 11.8 Å². The van der Waals surface area contributed by atoms with Crippen LogP contribution in [0.1, 0.15) is 5.56 Å². The van der Waals surface area contributed by atoms with Crippen LogP contribution >= 0.6 is 24.0 Å². The van der Waals surface area contributed by atoms with E-state index < -0.39 is 0 Å². The molecule has 2 aliphatic heterocycles. The Labute approximate surface area is 183 Å². The second-order valence-electron chi connectivity index (χ2n) is 6.96.